The Morgan fingerprint density at radius 1 is 1.17 bits per heavy atom. The van der Waals surface area contributed by atoms with Crippen LogP contribution in [0.2, 0.25) is 0 Å². The number of aromatic amines is 2. The lowest BCUT2D eigenvalue weighted by atomic mass is 10.0. The van der Waals surface area contributed by atoms with Crippen LogP contribution in [0.1, 0.15) is 31.1 Å². The lowest BCUT2D eigenvalue weighted by Gasteiger charge is -2.34. The maximum Gasteiger partial charge on any atom is 0.261 e. The Hall–Kier alpha value is -3.68. The normalized spacial score (nSPS) is 16.7. The number of benzene rings is 2. The number of ether oxygens (including phenoxy) is 1. The number of nitrogens with one attached hydrogen (secondary N) is 2. The van der Waals surface area contributed by atoms with E-state index in [2.05, 4.69) is 20.2 Å². The molecule has 0 spiro atoms. The Morgan fingerprint density at radius 3 is 2.97 bits per heavy atom. The van der Waals surface area contributed by atoms with Crippen molar-refractivity contribution in [1.82, 2.24) is 30.0 Å². The van der Waals surface area contributed by atoms with E-state index in [0.29, 0.717) is 23.9 Å². The Balaban J connectivity index is 1.33. The fourth-order valence-electron chi connectivity index (χ4n) is 3.89. The fourth-order valence-corrected chi connectivity index (χ4v) is 3.89. The zero-order valence-corrected chi connectivity index (χ0v) is 16.4. The zero-order chi connectivity index (χ0) is 20.3. The first-order valence-electron chi connectivity index (χ1n) is 10.1. The quantitative estimate of drug-likeness (QED) is 0.532. The highest BCUT2D eigenvalue weighted by Crippen LogP contribution is 2.30. The number of imidazole rings is 1. The molecule has 1 fully saturated rings. The molecule has 0 unspecified atom stereocenters. The molecule has 1 aliphatic heterocycles. The second-order valence-corrected chi connectivity index (χ2v) is 7.38. The smallest absolute Gasteiger partial charge is 0.261 e. The van der Waals surface area contributed by atoms with E-state index in [0.717, 1.165) is 35.9 Å². The third-order valence-corrected chi connectivity index (χ3v) is 5.43. The molecule has 3 heterocycles. The molecule has 30 heavy (non-hydrogen) atoms. The van der Waals surface area contributed by atoms with Gasteiger partial charge in [-0.15, -0.1) is 0 Å². The van der Waals surface area contributed by atoms with E-state index < -0.39 is 0 Å². The van der Waals surface area contributed by atoms with Crippen molar-refractivity contribution in [3.05, 3.63) is 60.7 Å². The van der Waals surface area contributed by atoms with Crippen molar-refractivity contribution in [2.75, 3.05) is 13.2 Å². The Bertz CT molecular complexity index is 1150. The second kappa shape index (κ2) is 7.98. The van der Waals surface area contributed by atoms with Gasteiger partial charge in [0.15, 0.2) is 12.4 Å². The number of hydrogen-bond acceptors (Lipinski definition) is 5. The Labute approximate surface area is 173 Å². The van der Waals surface area contributed by atoms with E-state index in [1.807, 2.05) is 53.4 Å². The van der Waals surface area contributed by atoms with Gasteiger partial charge in [0.25, 0.3) is 5.91 Å². The molecular formula is C22H22N6O2. The molecular weight excluding hydrogens is 380 g/mol. The molecule has 0 bridgehead atoms. The fraction of sp³-hybridized carbons (Fsp3) is 0.273. The number of carbonyl (C=O) groups excluding carboxylic acids is 1. The monoisotopic (exact) mass is 402 g/mol. The number of likely N-dealkylation sites (tertiary alicyclic amines) is 1. The second-order valence-electron chi connectivity index (χ2n) is 7.38. The number of piperidine rings is 1. The van der Waals surface area contributed by atoms with Crippen molar-refractivity contribution in [1.29, 1.82) is 0 Å². The van der Waals surface area contributed by atoms with E-state index >= 15 is 0 Å². The molecule has 2 aromatic carbocycles. The summed E-state index contributed by atoms with van der Waals surface area (Å²) in [6.07, 6.45) is 4.54. The van der Waals surface area contributed by atoms with E-state index in [4.69, 9.17) is 9.72 Å². The van der Waals surface area contributed by atoms with Crippen LogP contribution in [0.4, 0.5) is 0 Å². The van der Waals surface area contributed by atoms with Gasteiger partial charge in [-0.25, -0.2) is 9.97 Å². The van der Waals surface area contributed by atoms with Gasteiger partial charge in [-0.05, 0) is 49.6 Å². The van der Waals surface area contributed by atoms with Crippen LogP contribution in [0.25, 0.3) is 22.4 Å². The minimum absolute atomic E-state index is 0.0119. The van der Waals surface area contributed by atoms with Crippen LogP contribution >= 0.6 is 0 Å². The predicted octanol–water partition coefficient (Wildman–Crippen LogP) is 3.48. The van der Waals surface area contributed by atoms with Crippen molar-refractivity contribution in [2.24, 2.45) is 0 Å². The number of fused-ring (bicyclic) bond motifs is 1. The van der Waals surface area contributed by atoms with Crippen LogP contribution < -0.4 is 4.74 Å². The molecule has 8 nitrogen and oxygen atoms in total. The minimum Gasteiger partial charge on any atom is -0.484 e. The predicted molar refractivity (Wildman–Crippen MR) is 112 cm³/mol. The third kappa shape index (κ3) is 3.63. The first-order valence-corrected chi connectivity index (χ1v) is 10.1. The SMILES string of the molecule is O=C(COc1ccccc1)N1CCCC[C@@H]1c1nc(-c2ccc3nc[nH]c3c2)n[nH]1. The average Bonchev–Trinajstić information content (AvgIpc) is 3.47. The Morgan fingerprint density at radius 2 is 2.07 bits per heavy atom. The molecule has 4 aromatic rings. The molecule has 0 saturated carbocycles. The summed E-state index contributed by atoms with van der Waals surface area (Å²) >= 11 is 0. The number of H-pyrrole nitrogens is 2. The summed E-state index contributed by atoms with van der Waals surface area (Å²) in [7, 11) is 0. The molecule has 5 rings (SSSR count). The maximum absolute atomic E-state index is 12.9. The lowest BCUT2D eigenvalue weighted by molar-refractivity contribution is -0.137. The van der Waals surface area contributed by atoms with Gasteiger partial charge in [0, 0.05) is 12.1 Å². The van der Waals surface area contributed by atoms with E-state index in [-0.39, 0.29) is 18.6 Å². The number of para-hydroxylation sites is 1. The first-order chi connectivity index (χ1) is 14.8. The zero-order valence-electron chi connectivity index (χ0n) is 16.4. The largest absolute Gasteiger partial charge is 0.484 e. The lowest BCUT2D eigenvalue weighted by Crippen LogP contribution is -2.41. The van der Waals surface area contributed by atoms with E-state index in [1.54, 1.807) is 6.33 Å². The van der Waals surface area contributed by atoms with E-state index in [1.165, 1.54) is 0 Å². The average molecular weight is 402 g/mol. The molecule has 1 saturated heterocycles. The van der Waals surface area contributed by atoms with Gasteiger partial charge in [0.2, 0.25) is 0 Å². The van der Waals surface area contributed by atoms with Crippen LogP contribution in [0.5, 0.6) is 5.75 Å². The number of rotatable bonds is 5. The van der Waals surface area contributed by atoms with Crippen LogP contribution in [0.3, 0.4) is 0 Å². The van der Waals surface area contributed by atoms with Crippen molar-refractivity contribution < 1.29 is 9.53 Å². The summed E-state index contributed by atoms with van der Waals surface area (Å²) in [6.45, 7) is 0.704. The minimum atomic E-state index is -0.122. The molecule has 8 heteroatoms. The molecule has 0 aliphatic carbocycles. The summed E-state index contributed by atoms with van der Waals surface area (Å²) in [6, 6.07) is 15.1. The maximum atomic E-state index is 12.9. The molecule has 1 aliphatic rings. The van der Waals surface area contributed by atoms with Gasteiger partial charge < -0.3 is 14.6 Å². The van der Waals surface area contributed by atoms with Gasteiger partial charge in [-0.1, -0.05) is 18.2 Å². The highest BCUT2D eigenvalue weighted by Gasteiger charge is 2.30. The van der Waals surface area contributed by atoms with Crippen LogP contribution in [-0.2, 0) is 4.79 Å². The summed E-state index contributed by atoms with van der Waals surface area (Å²) in [5.74, 6) is 1.97. The molecule has 2 aromatic heterocycles. The summed E-state index contributed by atoms with van der Waals surface area (Å²) in [5.41, 5.74) is 2.73. The van der Waals surface area contributed by atoms with Crippen LogP contribution in [-0.4, -0.2) is 49.1 Å². The number of aromatic nitrogens is 5. The summed E-state index contributed by atoms with van der Waals surface area (Å²) in [5, 5.41) is 7.45. The number of carbonyl (C=O) groups is 1. The summed E-state index contributed by atoms with van der Waals surface area (Å²) in [4.78, 5) is 26.8. The van der Waals surface area contributed by atoms with E-state index in [9.17, 15) is 4.79 Å². The Kier molecular flexibility index (Phi) is 4.88. The number of amides is 1. The highest BCUT2D eigenvalue weighted by molar-refractivity contribution is 5.80. The van der Waals surface area contributed by atoms with Gasteiger partial charge in [0.1, 0.15) is 11.6 Å². The van der Waals surface area contributed by atoms with Crippen LogP contribution in [0, 0.1) is 0 Å². The molecule has 2 N–H and O–H groups in total. The first kappa shape index (κ1) is 18.4. The third-order valence-electron chi connectivity index (χ3n) is 5.43. The van der Waals surface area contributed by atoms with Crippen molar-refractivity contribution in [3.63, 3.8) is 0 Å². The van der Waals surface area contributed by atoms with Crippen molar-refractivity contribution >= 4 is 16.9 Å². The van der Waals surface area contributed by atoms with Crippen molar-refractivity contribution in [3.8, 4) is 17.1 Å². The molecule has 152 valence electrons. The van der Waals surface area contributed by atoms with Gasteiger partial charge in [0.05, 0.1) is 23.4 Å². The van der Waals surface area contributed by atoms with Crippen molar-refractivity contribution in [2.45, 2.75) is 25.3 Å². The molecule has 1 atom stereocenters. The number of hydrogen-bond donors (Lipinski definition) is 2. The topological polar surface area (TPSA) is 99.8 Å². The summed E-state index contributed by atoms with van der Waals surface area (Å²) < 4.78 is 5.67. The molecule has 0 radical (unpaired) electrons. The number of nitrogens with zero attached hydrogens (tertiary/aromatic N) is 4. The van der Waals surface area contributed by atoms with Gasteiger partial charge in [-0.2, -0.15) is 5.10 Å². The standard InChI is InChI=1S/C22H22N6O2/c29-20(13-30-16-6-2-1-3-7-16)28-11-5-4-8-19(28)22-25-21(26-27-22)15-9-10-17-18(12-15)24-14-23-17/h1-3,6-7,9-10,12,14,19H,4-5,8,11,13H2,(H,23,24)(H,25,26,27)/t19-/m1/s1. The van der Waals surface area contributed by atoms with Crippen LogP contribution in [0.15, 0.2) is 54.9 Å². The van der Waals surface area contributed by atoms with Gasteiger partial charge in [-0.3, -0.25) is 9.89 Å². The molecule has 1 amide bonds. The highest BCUT2D eigenvalue weighted by atomic mass is 16.5. The van der Waals surface area contributed by atoms with Gasteiger partial charge >= 0.3 is 0 Å².